The summed E-state index contributed by atoms with van der Waals surface area (Å²) in [6.07, 6.45) is 18.6. The monoisotopic (exact) mass is 294 g/mol. The molecule has 1 aliphatic heterocycles. The minimum Gasteiger partial charge on any atom is -0.483 e. The average Bonchev–Trinajstić information content (AvgIpc) is 3.20. The normalized spacial score (nSPS) is 19.1. The van der Waals surface area contributed by atoms with Gasteiger partial charge in [0.2, 0.25) is 0 Å². The van der Waals surface area contributed by atoms with Crippen LogP contribution in [0.2, 0.25) is 0 Å². The molecule has 0 saturated carbocycles. The van der Waals surface area contributed by atoms with Gasteiger partial charge >= 0.3 is 5.97 Å². The van der Waals surface area contributed by atoms with Gasteiger partial charge in [-0.15, -0.1) is 0 Å². The number of allylic oxidation sites excluding steroid dienone is 3. The molecule has 0 aliphatic carbocycles. The van der Waals surface area contributed by atoms with E-state index in [0.717, 1.165) is 31.4 Å². The van der Waals surface area contributed by atoms with Crippen molar-refractivity contribution in [3.05, 3.63) is 24.0 Å². The van der Waals surface area contributed by atoms with E-state index in [-0.39, 0.29) is 0 Å². The summed E-state index contributed by atoms with van der Waals surface area (Å²) in [4.78, 5) is 10.4. The molecule has 0 aromatic rings. The van der Waals surface area contributed by atoms with E-state index >= 15 is 0 Å². The lowest BCUT2D eigenvalue weighted by Crippen LogP contribution is -1.93. The van der Waals surface area contributed by atoms with Gasteiger partial charge in [0.05, 0.1) is 0 Å². The highest BCUT2D eigenvalue weighted by molar-refractivity contribution is 5.66. The van der Waals surface area contributed by atoms with Crippen LogP contribution in [0.1, 0.15) is 77.6 Å². The minimum atomic E-state index is -0.682. The molecule has 21 heavy (non-hydrogen) atoms. The van der Waals surface area contributed by atoms with Gasteiger partial charge < -0.3 is 9.84 Å². The first-order valence-corrected chi connectivity index (χ1v) is 8.49. The predicted octanol–water partition coefficient (Wildman–Crippen LogP) is 5.22. The van der Waals surface area contributed by atoms with E-state index in [1.165, 1.54) is 38.5 Å². The van der Waals surface area contributed by atoms with Gasteiger partial charge in [0.1, 0.15) is 5.76 Å². The average molecular weight is 294 g/mol. The van der Waals surface area contributed by atoms with Crippen molar-refractivity contribution in [2.24, 2.45) is 0 Å². The topological polar surface area (TPSA) is 49.8 Å². The number of hydrogen-bond acceptors (Lipinski definition) is 2. The Hall–Kier alpha value is -1.25. The first-order chi connectivity index (χ1) is 10.2. The molecular formula is C18H30O3. The van der Waals surface area contributed by atoms with Crippen LogP contribution in [-0.2, 0) is 9.53 Å². The maximum Gasteiger partial charge on any atom is 0.303 e. The zero-order chi connectivity index (χ0) is 15.3. The van der Waals surface area contributed by atoms with Crippen LogP contribution in [0, 0.1) is 0 Å². The summed E-state index contributed by atoms with van der Waals surface area (Å²) >= 11 is 0. The quantitative estimate of drug-likeness (QED) is 0.374. The summed E-state index contributed by atoms with van der Waals surface area (Å²) in [5.41, 5.74) is 0. The Balaban J connectivity index is 1.90. The molecule has 0 spiro atoms. The van der Waals surface area contributed by atoms with Crippen LogP contribution in [-0.4, -0.2) is 17.2 Å². The Morgan fingerprint density at radius 2 is 1.90 bits per heavy atom. The van der Waals surface area contributed by atoms with Crippen molar-refractivity contribution < 1.29 is 14.6 Å². The summed E-state index contributed by atoms with van der Waals surface area (Å²) in [5, 5.41) is 8.53. The van der Waals surface area contributed by atoms with Gasteiger partial charge in [0, 0.05) is 6.42 Å². The first kappa shape index (κ1) is 17.8. The van der Waals surface area contributed by atoms with Crippen LogP contribution < -0.4 is 0 Å². The van der Waals surface area contributed by atoms with E-state index in [1.54, 1.807) is 0 Å². The van der Waals surface area contributed by atoms with Gasteiger partial charge in [-0.25, -0.2) is 0 Å². The lowest BCUT2D eigenvalue weighted by atomic mass is 10.1. The molecule has 0 aromatic carbocycles. The Labute approximate surface area is 129 Å². The molecule has 0 aromatic heterocycles. The Morgan fingerprint density at radius 1 is 1.14 bits per heavy atom. The summed E-state index contributed by atoms with van der Waals surface area (Å²) in [7, 11) is 0. The molecule has 1 aliphatic rings. The van der Waals surface area contributed by atoms with Gasteiger partial charge in [-0.05, 0) is 38.2 Å². The number of carbonyl (C=O) groups is 1. The van der Waals surface area contributed by atoms with Gasteiger partial charge in [-0.1, -0.05) is 51.2 Å². The van der Waals surface area contributed by atoms with Crippen LogP contribution in [0.25, 0.3) is 0 Å². The van der Waals surface area contributed by atoms with E-state index < -0.39 is 5.97 Å². The molecular weight excluding hydrogens is 264 g/mol. The number of epoxide rings is 1. The van der Waals surface area contributed by atoms with E-state index in [9.17, 15) is 4.79 Å². The van der Waals surface area contributed by atoms with E-state index in [0.29, 0.717) is 12.5 Å². The molecule has 3 nitrogen and oxygen atoms in total. The molecule has 1 atom stereocenters. The smallest absolute Gasteiger partial charge is 0.303 e. The minimum absolute atomic E-state index is 0.309. The molecule has 120 valence electrons. The second-order valence-electron chi connectivity index (χ2n) is 5.80. The maximum absolute atomic E-state index is 10.4. The number of hydrogen-bond donors (Lipinski definition) is 1. The molecule has 1 N–H and O–H groups in total. The van der Waals surface area contributed by atoms with Gasteiger partial charge in [-0.3, -0.25) is 4.79 Å². The first-order valence-electron chi connectivity index (χ1n) is 8.49. The third kappa shape index (κ3) is 10.2. The van der Waals surface area contributed by atoms with Crippen LogP contribution in [0.5, 0.6) is 0 Å². The van der Waals surface area contributed by atoms with Crippen molar-refractivity contribution >= 4 is 5.97 Å². The number of unbranched alkanes of at least 4 members (excludes halogenated alkanes) is 7. The number of rotatable bonds is 13. The third-order valence-corrected chi connectivity index (χ3v) is 3.77. The van der Waals surface area contributed by atoms with Crippen LogP contribution in [0.4, 0.5) is 0 Å². The molecule has 0 bridgehead atoms. The Kier molecular flexibility index (Phi) is 9.68. The summed E-state index contributed by atoms with van der Waals surface area (Å²) in [6.45, 7) is 2.22. The molecule has 1 fully saturated rings. The zero-order valence-electron chi connectivity index (χ0n) is 13.4. The molecule has 1 rings (SSSR count). The molecule has 0 radical (unpaired) electrons. The molecule has 3 heteroatoms. The van der Waals surface area contributed by atoms with Crippen molar-refractivity contribution in [3.63, 3.8) is 0 Å². The van der Waals surface area contributed by atoms with Crippen molar-refractivity contribution in [3.8, 4) is 0 Å². The maximum atomic E-state index is 10.4. The Bertz CT molecular complexity index is 344. The zero-order valence-corrected chi connectivity index (χ0v) is 13.4. The fourth-order valence-corrected chi connectivity index (χ4v) is 2.39. The van der Waals surface area contributed by atoms with Gasteiger partial charge in [0.25, 0.3) is 0 Å². The van der Waals surface area contributed by atoms with E-state index in [2.05, 4.69) is 25.2 Å². The second-order valence-corrected chi connectivity index (χ2v) is 5.80. The highest BCUT2D eigenvalue weighted by Gasteiger charge is 2.30. The highest BCUT2D eigenvalue weighted by Crippen LogP contribution is 2.31. The predicted molar refractivity (Wildman–Crippen MR) is 86.2 cm³/mol. The van der Waals surface area contributed by atoms with Crippen LogP contribution in [0.15, 0.2) is 24.0 Å². The SMILES string of the molecule is CCCCC/C=C\C=C1/OC1CCCCCCCC(=O)O. The van der Waals surface area contributed by atoms with Crippen molar-refractivity contribution in [2.45, 2.75) is 83.7 Å². The van der Waals surface area contributed by atoms with E-state index in [4.69, 9.17) is 9.84 Å². The number of aliphatic carboxylic acids is 1. The lowest BCUT2D eigenvalue weighted by molar-refractivity contribution is -0.137. The lowest BCUT2D eigenvalue weighted by Gasteiger charge is -1.98. The number of carboxylic acids is 1. The largest absolute Gasteiger partial charge is 0.483 e. The van der Waals surface area contributed by atoms with Gasteiger partial charge in [-0.2, -0.15) is 0 Å². The van der Waals surface area contributed by atoms with Crippen molar-refractivity contribution in [2.75, 3.05) is 0 Å². The second kappa shape index (κ2) is 11.4. The number of ether oxygens (including phenoxy) is 1. The highest BCUT2D eigenvalue weighted by atomic mass is 16.6. The molecule has 0 amide bonds. The summed E-state index contributed by atoms with van der Waals surface area (Å²) in [5.74, 6) is 0.450. The van der Waals surface area contributed by atoms with Crippen molar-refractivity contribution in [1.29, 1.82) is 0 Å². The van der Waals surface area contributed by atoms with Crippen LogP contribution in [0.3, 0.4) is 0 Å². The van der Waals surface area contributed by atoms with E-state index in [1.807, 2.05) is 0 Å². The standard InChI is InChI=1S/C18H30O3/c1-2-3-4-5-7-10-13-16-17(21-16)14-11-8-6-9-12-15-18(19)20/h7,10,13,17H,2-6,8-9,11-12,14-15H2,1H3,(H,19,20)/b10-7-,16-13-. The Morgan fingerprint density at radius 3 is 2.67 bits per heavy atom. The molecule has 1 unspecified atom stereocenters. The molecule has 1 heterocycles. The van der Waals surface area contributed by atoms with Crippen molar-refractivity contribution in [1.82, 2.24) is 0 Å². The third-order valence-electron chi connectivity index (χ3n) is 3.77. The van der Waals surface area contributed by atoms with Crippen LogP contribution >= 0.6 is 0 Å². The molecule has 1 saturated heterocycles. The fraction of sp³-hybridized carbons (Fsp3) is 0.722. The summed E-state index contributed by atoms with van der Waals surface area (Å²) < 4.78 is 5.54. The van der Waals surface area contributed by atoms with Gasteiger partial charge in [0.15, 0.2) is 6.10 Å². The number of carboxylic acid groups (broad SMARTS) is 1. The fourth-order valence-electron chi connectivity index (χ4n) is 2.39. The summed E-state index contributed by atoms with van der Waals surface area (Å²) in [6, 6.07) is 0.